The fraction of sp³-hybridized carbons (Fsp3) is 0.923. The van der Waals surface area contributed by atoms with Crippen molar-refractivity contribution < 1.29 is 9.90 Å². The van der Waals surface area contributed by atoms with Gasteiger partial charge in [-0.2, -0.15) is 0 Å². The van der Waals surface area contributed by atoms with Crippen LogP contribution in [0.2, 0.25) is 0 Å². The van der Waals surface area contributed by atoms with Crippen LogP contribution < -0.4 is 5.32 Å². The number of nitrogens with zero attached hydrogens (tertiary/aromatic N) is 2. The zero-order valence-corrected chi connectivity index (χ0v) is 11.3. The third-order valence-electron chi connectivity index (χ3n) is 4.08. The van der Waals surface area contributed by atoms with E-state index in [-0.39, 0.29) is 18.1 Å². The second-order valence-electron chi connectivity index (χ2n) is 5.43. The SMILES string of the molecule is CC(=O)N1CCN(CC(O)C2CCCCN2)CC1. The van der Waals surface area contributed by atoms with Gasteiger partial charge in [-0.05, 0) is 19.4 Å². The highest BCUT2D eigenvalue weighted by Gasteiger charge is 2.25. The molecular formula is C13H25N3O2. The first-order valence-electron chi connectivity index (χ1n) is 7.06. The molecule has 2 rings (SSSR count). The van der Waals surface area contributed by atoms with Gasteiger partial charge in [0, 0.05) is 45.7 Å². The molecule has 0 aromatic rings. The topological polar surface area (TPSA) is 55.8 Å². The van der Waals surface area contributed by atoms with E-state index in [9.17, 15) is 9.90 Å². The van der Waals surface area contributed by atoms with Gasteiger partial charge < -0.3 is 15.3 Å². The third-order valence-corrected chi connectivity index (χ3v) is 4.08. The Bertz CT molecular complexity index is 271. The number of carbonyl (C=O) groups excluding carboxylic acids is 1. The number of rotatable bonds is 3. The Labute approximate surface area is 109 Å². The smallest absolute Gasteiger partial charge is 0.219 e. The largest absolute Gasteiger partial charge is 0.390 e. The number of carbonyl (C=O) groups is 1. The molecule has 0 aromatic heterocycles. The Kier molecular flexibility index (Phi) is 4.97. The van der Waals surface area contributed by atoms with Crippen molar-refractivity contribution in [2.75, 3.05) is 39.3 Å². The maximum atomic E-state index is 11.2. The van der Waals surface area contributed by atoms with Crippen molar-refractivity contribution in [3.63, 3.8) is 0 Å². The third kappa shape index (κ3) is 3.67. The standard InChI is InChI=1S/C13H25N3O2/c1-11(17)16-8-6-15(7-9-16)10-13(18)12-4-2-3-5-14-12/h12-14,18H,2-10H2,1H3. The monoisotopic (exact) mass is 255 g/mol. The van der Waals surface area contributed by atoms with E-state index in [0.29, 0.717) is 0 Å². The van der Waals surface area contributed by atoms with Gasteiger partial charge in [0.15, 0.2) is 0 Å². The van der Waals surface area contributed by atoms with E-state index in [0.717, 1.165) is 45.7 Å². The van der Waals surface area contributed by atoms with Crippen LogP contribution >= 0.6 is 0 Å². The molecule has 2 unspecified atom stereocenters. The van der Waals surface area contributed by atoms with Crippen molar-refractivity contribution >= 4 is 5.91 Å². The van der Waals surface area contributed by atoms with Crippen LogP contribution in [-0.4, -0.2) is 72.2 Å². The molecule has 2 N–H and O–H groups in total. The summed E-state index contributed by atoms with van der Waals surface area (Å²) >= 11 is 0. The molecule has 0 aliphatic carbocycles. The predicted molar refractivity (Wildman–Crippen MR) is 70.3 cm³/mol. The van der Waals surface area contributed by atoms with Crippen molar-refractivity contribution in [1.29, 1.82) is 0 Å². The zero-order chi connectivity index (χ0) is 13.0. The van der Waals surface area contributed by atoms with Gasteiger partial charge in [0.2, 0.25) is 5.91 Å². The molecule has 1 amide bonds. The van der Waals surface area contributed by atoms with Crippen LogP contribution in [0.15, 0.2) is 0 Å². The number of piperidine rings is 1. The Hall–Kier alpha value is -0.650. The lowest BCUT2D eigenvalue weighted by molar-refractivity contribution is -0.130. The first-order valence-corrected chi connectivity index (χ1v) is 7.06. The van der Waals surface area contributed by atoms with Crippen LogP contribution in [0, 0.1) is 0 Å². The van der Waals surface area contributed by atoms with Gasteiger partial charge in [0.05, 0.1) is 6.10 Å². The van der Waals surface area contributed by atoms with Crippen LogP contribution in [0.25, 0.3) is 0 Å². The van der Waals surface area contributed by atoms with Gasteiger partial charge in [-0.1, -0.05) is 6.42 Å². The molecule has 2 fully saturated rings. The minimum absolute atomic E-state index is 0.157. The molecule has 2 aliphatic rings. The lowest BCUT2D eigenvalue weighted by atomic mass is 9.99. The number of aliphatic hydroxyl groups excluding tert-OH is 1. The van der Waals surface area contributed by atoms with Gasteiger partial charge >= 0.3 is 0 Å². The van der Waals surface area contributed by atoms with Crippen molar-refractivity contribution in [2.24, 2.45) is 0 Å². The van der Waals surface area contributed by atoms with Crippen molar-refractivity contribution in [3.05, 3.63) is 0 Å². The van der Waals surface area contributed by atoms with Crippen LogP contribution in [-0.2, 0) is 4.79 Å². The van der Waals surface area contributed by atoms with E-state index >= 15 is 0 Å². The highest BCUT2D eigenvalue weighted by atomic mass is 16.3. The summed E-state index contributed by atoms with van der Waals surface area (Å²) in [6.45, 7) is 6.72. The van der Waals surface area contributed by atoms with Gasteiger partial charge in [-0.25, -0.2) is 0 Å². The van der Waals surface area contributed by atoms with Crippen LogP contribution in [0.4, 0.5) is 0 Å². The summed E-state index contributed by atoms with van der Waals surface area (Å²) in [5.74, 6) is 0.157. The molecule has 2 heterocycles. The molecule has 5 heteroatoms. The summed E-state index contributed by atoms with van der Waals surface area (Å²) in [7, 11) is 0. The molecule has 0 spiro atoms. The summed E-state index contributed by atoms with van der Waals surface area (Å²) in [6.07, 6.45) is 3.23. The first-order chi connectivity index (χ1) is 8.66. The summed E-state index contributed by atoms with van der Waals surface area (Å²) in [5, 5.41) is 13.6. The highest BCUT2D eigenvalue weighted by molar-refractivity contribution is 5.73. The Balaban J connectivity index is 1.71. The summed E-state index contributed by atoms with van der Waals surface area (Å²) < 4.78 is 0. The Morgan fingerprint density at radius 2 is 2.06 bits per heavy atom. The molecule has 2 aliphatic heterocycles. The van der Waals surface area contributed by atoms with Crippen molar-refractivity contribution in [3.8, 4) is 0 Å². The van der Waals surface area contributed by atoms with Crippen LogP contribution in [0.1, 0.15) is 26.2 Å². The summed E-state index contributed by atoms with van der Waals surface area (Å²) in [4.78, 5) is 15.4. The highest BCUT2D eigenvalue weighted by Crippen LogP contribution is 2.12. The predicted octanol–water partition coefficient (Wildman–Crippen LogP) is -0.346. The van der Waals surface area contributed by atoms with E-state index in [1.54, 1.807) is 6.92 Å². The first kappa shape index (κ1) is 13.8. The van der Waals surface area contributed by atoms with E-state index in [2.05, 4.69) is 10.2 Å². The summed E-state index contributed by atoms with van der Waals surface area (Å²) in [5.41, 5.74) is 0. The second kappa shape index (κ2) is 6.50. The number of aliphatic hydroxyl groups is 1. The number of β-amino-alcohol motifs (C(OH)–C–C–N with tert-alkyl or cyclic N) is 1. The average molecular weight is 255 g/mol. The maximum Gasteiger partial charge on any atom is 0.219 e. The lowest BCUT2D eigenvalue weighted by Gasteiger charge is -2.37. The number of nitrogens with one attached hydrogen (secondary N) is 1. The number of amides is 1. The van der Waals surface area contributed by atoms with Gasteiger partial charge in [0.25, 0.3) is 0 Å². The Morgan fingerprint density at radius 3 is 2.61 bits per heavy atom. The Morgan fingerprint density at radius 1 is 1.33 bits per heavy atom. The minimum Gasteiger partial charge on any atom is -0.390 e. The van der Waals surface area contributed by atoms with E-state index in [4.69, 9.17) is 0 Å². The van der Waals surface area contributed by atoms with E-state index < -0.39 is 0 Å². The minimum atomic E-state index is -0.283. The molecule has 2 saturated heterocycles. The number of piperazine rings is 1. The van der Waals surface area contributed by atoms with Crippen molar-refractivity contribution in [2.45, 2.75) is 38.3 Å². The molecule has 0 aromatic carbocycles. The van der Waals surface area contributed by atoms with Crippen molar-refractivity contribution in [1.82, 2.24) is 15.1 Å². The fourth-order valence-electron chi connectivity index (χ4n) is 2.84. The quantitative estimate of drug-likeness (QED) is 0.724. The van der Waals surface area contributed by atoms with E-state index in [1.807, 2.05) is 4.90 Å². The molecule has 0 saturated carbocycles. The maximum absolute atomic E-state index is 11.2. The lowest BCUT2D eigenvalue weighted by Crippen LogP contribution is -2.53. The molecule has 0 radical (unpaired) electrons. The average Bonchev–Trinajstić information content (AvgIpc) is 2.40. The molecular weight excluding hydrogens is 230 g/mol. The van der Waals surface area contributed by atoms with Gasteiger partial charge in [0.1, 0.15) is 0 Å². The molecule has 5 nitrogen and oxygen atoms in total. The second-order valence-corrected chi connectivity index (χ2v) is 5.43. The number of hydrogen-bond donors (Lipinski definition) is 2. The fourth-order valence-corrected chi connectivity index (χ4v) is 2.84. The molecule has 18 heavy (non-hydrogen) atoms. The van der Waals surface area contributed by atoms with E-state index in [1.165, 1.54) is 12.8 Å². The van der Waals surface area contributed by atoms with Crippen LogP contribution in [0.3, 0.4) is 0 Å². The molecule has 2 atom stereocenters. The van der Waals surface area contributed by atoms with Gasteiger partial charge in [-0.3, -0.25) is 9.69 Å². The zero-order valence-electron chi connectivity index (χ0n) is 11.3. The van der Waals surface area contributed by atoms with Crippen LogP contribution in [0.5, 0.6) is 0 Å². The van der Waals surface area contributed by atoms with Gasteiger partial charge in [-0.15, -0.1) is 0 Å². The normalized spacial score (nSPS) is 28.1. The number of hydrogen-bond acceptors (Lipinski definition) is 4. The molecule has 104 valence electrons. The molecule has 0 bridgehead atoms. The summed E-state index contributed by atoms with van der Waals surface area (Å²) in [6, 6.07) is 0.254.